The predicted molar refractivity (Wildman–Crippen MR) is 157 cm³/mol. The van der Waals surface area contributed by atoms with E-state index in [0.717, 1.165) is 56.6 Å². The molecule has 9 heteroatoms. The molecule has 0 atom stereocenters. The summed E-state index contributed by atoms with van der Waals surface area (Å²) in [5.41, 5.74) is 3.51. The number of likely N-dealkylation sites (tertiary alicyclic amines) is 1. The van der Waals surface area contributed by atoms with Crippen molar-refractivity contribution in [3.63, 3.8) is 0 Å². The maximum Gasteiger partial charge on any atom is 0.337 e. The van der Waals surface area contributed by atoms with Gasteiger partial charge in [-0.3, -0.25) is 4.68 Å². The summed E-state index contributed by atoms with van der Waals surface area (Å²) in [4.78, 5) is 14.7. The molecule has 1 saturated carbocycles. The van der Waals surface area contributed by atoms with Crippen LogP contribution in [0.2, 0.25) is 5.02 Å². The van der Waals surface area contributed by atoms with Crippen molar-refractivity contribution in [1.29, 1.82) is 0 Å². The summed E-state index contributed by atoms with van der Waals surface area (Å²) in [5.74, 6) is 0.0254. The summed E-state index contributed by atoms with van der Waals surface area (Å²) < 4.78 is 34.5. The molecule has 40 heavy (non-hydrogen) atoms. The molecule has 5 rings (SSSR count). The fourth-order valence-electron chi connectivity index (χ4n) is 6.72. The zero-order valence-corrected chi connectivity index (χ0v) is 25.0. The van der Waals surface area contributed by atoms with Crippen LogP contribution in [0.4, 0.5) is 0 Å². The SMILES string of the molecule is CCn1nc(C)cc1C1CCN(C2CCC(c3ccc(Cl)cc3)(S(=O)(=O)c3ccc(C(=O)OC)cc3)CC2)CC1. The van der Waals surface area contributed by atoms with E-state index in [0.29, 0.717) is 35.4 Å². The summed E-state index contributed by atoms with van der Waals surface area (Å²) in [5, 5.41) is 5.22. The molecule has 214 valence electrons. The number of hydrogen-bond donors (Lipinski definition) is 0. The van der Waals surface area contributed by atoms with Crippen molar-refractivity contribution < 1.29 is 17.9 Å². The normalized spacial score (nSPS) is 22.8. The minimum Gasteiger partial charge on any atom is -0.465 e. The fraction of sp³-hybridized carbons (Fsp3) is 0.484. The monoisotopic (exact) mass is 583 g/mol. The molecule has 1 aliphatic heterocycles. The number of piperidine rings is 1. The van der Waals surface area contributed by atoms with Crippen molar-refractivity contribution in [2.24, 2.45) is 0 Å². The first-order valence-electron chi connectivity index (χ1n) is 14.2. The number of rotatable bonds is 7. The standard InChI is InChI=1S/C31H38ClN3O4S/c1-4-35-29(21-22(2)33-35)23-15-19-34(20-16-23)27-13-17-31(18-14-27,25-7-9-26(32)10-8-25)40(37,38)28-11-5-24(6-12-28)30(36)39-3/h5-12,21,23,27H,4,13-20H2,1-3H3. The van der Waals surface area contributed by atoms with E-state index in [1.807, 2.05) is 12.1 Å². The van der Waals surface area contributed by atoms with E-state index < -0.39 is 20.6 Å². The van der Waals surface area contributed by atoms with Crippen LogP contribution in [0.3, 0.4) is 0 Å². The maximum atomic E-state index is 14.3. The van der Waals surface area contributed by atoms with Crippen molar-refractivity contribution in [2.75, 3.05) is 20.2 Å². The zero-order chi connectivity index (χ0) is 28.5. The molecule has 0 N–H and O–H groups in total. The Labute approximate surface area is 242 Å². The van der Waals surface area contributed by atoms with Crippen LogP contribution in [0.15, 0.2) is 59.5 Å². The molecule has 0 amide bonds. The first kappa shape index (κ1) is 28.8. The van der Waals surface area contributed by atoms with Crippen LogP contribution < -0.4 is 0 Å². The van der Waals surface area contributed by atoms with Gasteiger partial charge in [0.25, 0.3) is 0 Å². The molecule has 0 bridgehead atoms. The molecule has 2 aromatic carbocycles. The van der Waals surface area contributed by atoms with Gasteiger partial charge in [-0.1, -0.05) is 23.7 Å². The second kappa shape index (κ2) is 11.7. The molecule has 7 nitrogen and oxygen atoms in total. The highest BCUT2D eigenvalue weighted by molar-refractivity contribution is 7.92. The Balaban J connectivity index is 1.35. The van der Waals surface area contributed by atoms with E-state index in [2.05, 4.69) is 34.6 Å². The van der Waals surface area contributed by atoms with Crippen LogP contribution in [-0.4, -0.2) is 55.3 Å². The van der Waals surface area contributed by atoms with Crippen LogP contribution in [0.1, 0.15) is 78.7 Å². The van der Waals surface area contributed by atoms with Gasteiger partial charge in [0.2, 0.25) is 0 Å². The number of ether oxygens (including phenoxy) is 1. The van der Waals surface area contributed by atoms with Crippen LogP contribution in [0.5, 0.6) is 0 Å². The van der Waals surface area contributed by atoms with Gasteiger partial charge >= 0.3 is 5.97 Å². The molecular weight excluding hydrogens is 546 g/mol. The minimum absolute atomic E-state index is 0.220. The number of halogens is 1. The summed E-state index contributed by atoms with van der Waals surface area (Å²) in [6, 6.07) is 15.9. The molecule has 2 fully saturated rings. The maximum absolute atomic E-state index is 14.3. The molecule has 0 radical (unpaired) electrons. The van der Waals surface area contributed by atoms with Gasteiger partial charge in [0.05, 0.1) is 23.3 Å². The third-order valence-corrected chi connectivity index (χ3v) is 11.7. The number of sulfone groups is 1. The second-order valence-electron chi connectivity index (χ2n) is 11.1. The van der Waals surface area contributed by atoms with E-state index in [4.69, 9.17) is 16.3 Å². The average Bonchev–Trinajstić information content (AvgIpc) is 3.38. The number of hydrogen-bond acceptors (Lipinski definition) is 6. The summed E-state index contributed by atoms with van der Waals surface area (Å²) >= 11 is 6.18. The molecule has 0 spiro atoms. The van der Waals surface area contributed by atoms with E-state index in [1.165, 1.54) is 37.1 Å². The Morgan fingerprint density at radius 1 is 1.02 bits per heavy atom. The third kappa shape index (κ3) is 5.33. The summed E-state index contributed by atoms with van der Waals surface area (Å²) in [7, 11) is -2.46. The smallest absolute Gasteiger partial charge is 0.337 e. The van der Waals surface area contributed by atoms with Crippen LogP contribution in [-0.2, 0) is 25.9 Å². The number of aromatic nitrogens is 2. The minimum atomic E-state index is -3.77. The van der Waals surface area contributed by atoms with Crippen molar-refractivity contribution >= 4 is 27.4 Å². The van der Waals surface area contributed by atoms with Gasteiger partial charge in [-0.2, -0.15) is 5.10 Å². The van der Waals surface area contributed by atoms with E-state index >= 15 is 0 Å². The Morgan fingerprint density at radius 3 is 2.23 bits per heavy atom. The van der Waals surface area contributed by atoms with E-state index in [9.17, 15) is 13.2 Å². The first-order chi connectivity index (χ1) is 19.2. The van der Waals surface area contributed by atoms with Gasteiger partial charge in [0, 0.05) is 29.2 Å². The summed E-state index contributed by atoms with van der Waals surface area (Å²) in [6.07, 6.45) is 4.85. The quantitative estimate of drug-likeness (QED) is 0.311. The van der Waals surface area contributed by atoms with Gasteiger partial charge in [0.15, 0.2) is 9.84 Å². The molecule has 3 aromatic rings. The number of methoxy groups -OCH3 is 1. The summed E-state index contributed by atoms with van der Waals surface area (Å²) in [6.45, 7) is 7.11. The molecular formula is C31H38ClN3O4S. The lowest BCUT2D eigenvalue weighted by molar-refractivity contribution is 0.0600. The predicted octanol–water partition coefficient (Wildman–Crippen LogP) is 6.14. The first-order valence-corrected chi connectivity index (χ1v) is 16.0. The number of esters is 1. The van der Waals surface area contributed by atoms with Gasteiger partial charge in [-0.25, -0.2) is 13.2 Å². The average molecular weight is 584 g/mol. The number of carbonyl (C=O) groups excluding carboxylic acids is 1. The van der Waals surface area contributed by atoms with Gasteiger partial charge in [-0.05, 0) is 113 Å². The highest BCUT2D eigenvalue weighted by atomic mass is 35.5. The van der Waals surface area contributed by atoms with Crippen LogP contribution >= 0.6 is 11.6 Å². The van der Waals surface area contributed by atoms with Crippen molar-refractivity contribution in [3.05, 3.63) is 82.1 Å². The number of benzene rings is 2. The second-order valence-corrected chi connectivity index (χ2v) is 13.8. The molecule has 2 aliphatic rings. The number of carbonyl (C=O) groups is 1. The highest BCUT2D eigenvalue weighted by Gasteiger charge is 2.49. The Hall–Kier alpha value is -2.68. The molecule has 2 heterocycles. The van der Waals surface area contributed by atoms with Gasteiger partial charge in [-0.15, -0.1) is 0 Å². The molecule has 1 aliphatic carbocycles. The van der Waals surface area contributed by atoms with Crippen molar-refractivity contribution in [3.8, 4) is 0 Å². The number of aryl methyl sites for hydroxylation is 2. The fourth-order valence-corrected chi connectivity index (χ4v) is 9.01. The third-order valence-electron chi connectivity index (χ3n) is 8.93. The van der Waals surface area contributed by atoms with Crippen molar-refractivity contribution in [2.45, 2.75) is 80.5 Å². The van der Waals surface area contributed by atoms with Crippen LogP contribution in [0, 0.1) is 6.92 Å². The van der Waals surface area contributed by atoms with Gasteiger partial charge < -0.3 is 9.64 Å². The Morgan fingerprint density at radius 2 is 1.65 bits per heavy atom. The number of nitrogens with zero attached hydrogens (tertiary/aromatic N) is 3. The van der Waals surface area contributed by atoms with E-state index in [1.54, 1.807) is 12.1 Å². The lowest BCUT2D eigenvalue weighted by Gasteiger charge is -2.45. The molecule has 1 aromatic heterocycles. The Bertz CT molecular complexity index is 1430. The van der Waals surface area contributed by atoms with Gasteiger partial charge in [0.1, 0.15) is 4.75 Å². The topological polar surface area (TPSA) is 81.5 Å². The lowest BCUT2D eigenvalue weighted by atomic mass is 9.79. The zero-order valence-electron chi connectivity index (χ0n) is 23.5. The molecule has 0 unspecified atom stereocenters. The highest BCUT2D eigenvalue weighted by Crippen LogP contribution is 2.48. The molecule has 1 saturated heterocycles. The van der Waals surface area contributed by atoms with E-state index in [-0.39, 0.29) is 4.90 Å². The Kier molecular flexibility index (Phi) is 8.41. The van der Waals surface area contributed by atoms with Crippen LogP contribution in [0.25, 0.3) is 0 Å². The van der Waals surface area contributed by atoms with Crippen molar-refractivity contribution in [1.82, 2.24) is 14.7 Å². The largest absolute Gasteiger partial charge is 0.465 e. The lowest BCUT2D eigenvalue weighted by Crippen LogP contribution is -2.48.